The lowest BCUT2D eigenvalue weighted by Gasteiger charge is -2.14. The Morgan fingerprint density at radius 1 is 0.808 bits per heavy atom. The van der Waals surface area contributed by atoms with E-state index in [0.29, 0.717) is 16.8 Å². The Bertz CT molecular complexity index is 960. The van der Waals surface area contributed by atoms with E-state index in [0.717, 1.165) is 24.3 Å². The molecule has 0 radical (unpaired) electrons. The van der Waals surface area contributed by atoms with E-state index >= 15 is 0 Å². The fourth-order valence-electron chi connectivity index (χ4n) is 2.57. The number of hydrogen-bond donors (Lipinski definition) is 1. The molecule has 0 saturated heterocycles. The molecule has 0 unspecified atom stereocenters. The Hall–Kier alpha value is -2.77. The number of nitrogens with one attached hydrogen (secondary N) is 1. The summed E-state index contributed by atoms with van der Waals surface area (Å²) in [5, 5.41) is 3.21. The van der Waals surface area contributed by atoms with Gasteiger partial charge in [-0.2, -0.15) is 26.3 Å². The number of alkyl halides is 6. The minimum absolute atomic E-state index is 0.106. The van der Waals surface area contributed by atoms with Gasteiger partial charge in [0.25, 0.3) is 0 Å². The molecule has 0 bridgehead atoms. The maximum Gasteiger partial charge on any atom is 0.416 e. The Morgan fingerprint density at radius 2 is 1.46 bits per heavy atom. The zero-order valence-electron chi connectivity index (χ0n) is 13.3. The van der Waals surface area contributed by atoms with Crippen LogP contribution in [0.2, 0.25) is 0 Å². The normalized spacial score (nSPS) is 12.4. The number of rotatable bonds is 2. The lowest BCUT2D eigenvalue weighted by molar-refractivity contribution is -0.138. The number of hydrogen-bond acceptors (Lipinski definition) is 2. The van der Waals surface area contributed by atoms with Gasteiger partial charge in [0, 0.05) is 22.5 Å². The van der Waals surface area contributed by atoms with Crippen LogP contribution in [0.3, 0.4) is 0 Å². The number of aromatic nitrogens is 1. The largest absolute Gasteiger partial charge is 0.416 e. The van der Waals surface area contributed by atoms with Gasteiger partial charge in [-0.25, -0.2) is 0 Å². The number of anilines is 2. The third kappa shape index (κ3) is 3.74. The van der Waals surface area contributed by atoms with E-state index in [4.69, 9.17) is 0 Å². The molecular formula is C18H12F6N2. The van der Waals surface area contributed by atoms with Crippen molar-refractivity contribution >= 4 is 22.3 Å². The molecule has 1 aromatic heterocycles. The molecule has 8 heteroatoms. The van der Waals surface area contributed by atoms with E-state index in [9.17, 15) is 26.3 Å². The maximum absolute atomic E-state index is 12.9. The lowest BCUT2D eigenvalue weighted by Crippen LogP contribution is -2.06. The Balaban J connectivity index is 2.06. The third-order valence-electron chi connectivity index (χ3n) is 3.73. The van der Waals surface area contributed by atoms with E-state index in [1.54, 1.807) is 13.0 Å². The van der Waals surface area contributed by atoms with E-state index in [2.05, 4.69) is 10.3 Å². The Labute approximate surface area is 144 Å². The second-order valence-corrected chi connectivity index (χ2v) is 5.74. The number of halogens is 6. The SMILES string of the molecule is Cc1cc(Nc2cccc(C(F)(F)F)c2)c2ccc(C(F)(F)F)cc2n1. The summed E-state index contributed by atoms with van der Waals surface area (Å²) in [6.07, 6.45) is -9.00. The van der Waals surface area contributed by atoms with Gasteiger partial charge in [0.15, 0.2) is 0 Å². The first-order valence-corrected chi connectivity index (χ1v) is 7.47. The van der Waals surface area contributed by atoms with Gasteiger partial charge in [-0.05, 0) is 43.3 Å². The van der Waals surface area contributed by atoms with Gasteiger partial charge >= 0.3 is 12.4 Å². The minimum atomic E-state index is -4.51. The second-order valence-electron chi connectivity index (χ2n) is 5.74. The molecule has 3 rings (SSSR count). The minimum Gasteiger partial charge on any atom is -0.355 e. The zero-order chi connectivity index (χ0) is 19.1. The summed E-state index contributed by atoms with van der Waals surface area (Å²) in [5.74, 6) is 0. The van der Waals surface area contributed by atoms with Crippen molar-refractivity contribution in [3.05, 3.63) is 65.4 Å². The first-order chi connectivity index (χ1) is 12.0. The molecule has 0 amide bonds. The first kappa shape index (κ1) is 18.0. The molecule has 0 saturated carbocycles. The molecule has 0 spiro atoms. The summed E-state index contributed by atoms with van der Waals surface area (Å²) in [6, 6.07) is 9.22. The topological polar surface area (TPSA) is 24.9 Å². The Morgan fingerprint density at radius 3 is 2.12 bits per heavy atom. The number of pyridine rings is 1. The van der Waals surface area contributed by atoms with Crippen LogP contribution in [-0.4, -0.2) is 4.98 Å². The van der Waals surface area contributed by atoms with Crippen LogP contribution in [0, 0.1) is 6.92 Å². The molecule has 0 aliphatic rings. The molecule has 1 N–H and O–H groups in total. The van der Waals surface area contributed by atoms with Crippen molar-refractivity contribution in [2.24, 2.45) is 0 Å². The first-order valence-electron chi connectivity index (χ1n) is 7.47. The predicted octanol–water partition coefficient (Wildman–Crippen LogP) is 6.32. The standard InChI is InChI=1S/C18H12F6N2/c1-10-7-15(26-13-4-2-3-11(8-13)17(19,20)21)14-6-5-12(18(22,23)24)9-16(14)25-10/h2-9H,1H3,(H,25,26). The Kier molecular flexibility index (Phi) is 4.29. The number of aryl methyl sites for hydroxylation is 1. The van der Waals surface area contributed by atoms with Gasteiger partial charge in [0.2, 0.25) is 0 Å². The van der Waals surface area contributed by atoms with E-state index in [-0.39, 0.29) is 11.2 Å². The van der Waals surface area contributed by atoms with E-state index in [1.807, 2.05) is 0 Å². The van der Waals surface area contributed by atoms with Crippen molar-refractivity contribution in [2.45, 2.75) is 19.3 Å². The highest BCUT2D eigenvalue weighted by molar-refractivity contribution is 5.93. The lowest BCUT2D eigenvalue weighted by atomic mass is 10.1. The molecule has 136 valence electrons. The summed E-state index contributed by atoms with van der Waals surface area (Å²) in [4.78, 5) is 4.09. The molecule has 0 fully saturated rings. The van der Waals surface area contributed by atoms with Crippen molar-refractivity contribution in [2.75, 3.05) is 5.32 Å². The molecule has 2 nitrogen and oxygen atoms in total. The molecular weight excluding hydrogens is 358 g/mol. The number of nitrogens with zero attached hydrogens (tertiary/aromatic N) is 1. The van der Waals surface area contributed by atoms with Gasteiger partial charge in [-0.3, -0.25) is 4.98 Å². The molecule has 26 heavy (non-hydrogen) atoms. The van der Waals surface area contributed by atoms with Crippen LogP contribution < -0.4 is 5.32 Å². The van der Waals surface area contributed by atoms with Crippen LogP contribution in [0.1, 0.15) is 16.8 Å². The fourth-order valence-corrected chi connectivity index (χ4v) is 2.57. The van der Waals surface area contributed by atoms with Crippen molar-refractivity contribution < 1.29 is 26.3 Å². The summed E-state index contributed by atoms with van der Waals surface area (Å²) >= 11 is 0. The highest BCUT2D eigenvalue weighted by atomic mass is 19.4. The van der Waals surface area contributed by atoms with Gasteiger partial charge < -0.3 is 5.32 Å². The van der Waals surface area contributed by atoms with E-state index < -0.39 is 23.5 Å². The molecule has 2 aromatic carbocycles. The van der Waals surface area contributed by atoms with Crippen LogP contribution in [-0.2, 0) is 12.4 Å². The molecule has 1 heterocycles. The number of fused-ring (bicyclic) bond motifs is 1. The zero-order valence-corrected chi connectivity index (χ0v) is 13.3. The molecule has 0 aliphatic carbocycles. The van der Waals surface area contributed by atoms with Gasteiger partial charge in [0.1, 0.15) is 0 Å². The predicted molar refractivity (Wildman–Crippen MR) is 86.2 cm³/mol. The maximum atomic E-state index is 12.9. The molecule has 0 aliphatic heterocycles. The van der Waals surface area contributed by atoms with Crippen molar-refractivity contribution in [1.82, 2.24) is 4.98 Å². The molecule has 3 aromatic rings. The van der Waals surface area contributed by atoms with Gasteiger partial charge in [-0.15, -0.1) is 0 Å². The van der Waals surface area contributed by atoms with Crippen LogP contribution in [0.4, 0.5) is 37.7 Å². The highest BCUT2D eigenvalue weighted by Crippen LogP contribution is 2.35. The van der Waals surface area contributed by atoms with Gasteiger partial charge in [0.05, 0.1) is 16.6 Å². The van der Waals surface area contributed by atoms with Crippen molar-refractivity contribution in [3.8, 4) is 0 Å². The summed E-state index contributed by atoms with van der Waals surface area (Å²) in [7, 11) is 0. The second kappa shape index (κ2) is 6.19. The van der Waals surface area contributed by atoms with Gasteiger partial charge in [-0.1, -0.05) is 12.1 Å². The average Bonchev–Trinajstić information content (AvgIpc) is 2.52. The monoisotopic (exact) mass is 370 g/mol. The average molecular weight is 370 g/mol. The van der Waals surface area contributed by atoms with E-state index in [1.165, 1.54) is 18.2 Å². The quantitative estimate of drug-likeness (QED) is 0.534. The smallest absolute Gasteiger partial charge is 0.355 e. The summed E-state index contributed by atoms with van der Waals surface area (Å²) < 4.78 is 77.1. The van der Waals surface area contributed by atoms with Crippen LogP contribution >= 0.6 is 0 Å². The van der Waals surface area contributed by atoms with Crippen molar-refractivity contribution in [3.63, 3.8) is 0 Å². The highest BCUT2D eigenvalue weighted by Gasteiger charge is 2.31. The summed E-state index contributed by atoms with van der Waals surface area (Å²) in [6.45, 7) is 1.59. The van der Waals surface area contributed by atoms with Crippen LogP contribution in [0.15, 0.2) is 48.5 Å². The molecule has 0 atom stereocenters. The third-order valence-corrected chi connectivity index (χ3v) is 3.73. The van der Waals surface area contributed by atoms with Crippen LogP contribution in [0.25, 0.3) is 10.9 Å². The summed E-state index contributed by atoms with van der Waals surface area (Å²) in [5.41, 5.74) is -0.571. The number of benzene rings is 2. The fraction of sp³-hybridized carbons (Fsp3) is 0.167. The van der Waals surface area contributed by atoms with Crippen LogP contribution in [0.5, 0.6) is 0 Å². The van der Waals surface area contributed by atoms with Crippen molar-refractivity contribution in [1.29, 1.82) is 0 Å².